The Hall–Kier alpha value is -3.26. The van der Waals surface area contributed by atoms with Gasteiger partial charge in [-0.2, -0.15) is 0 Å². The van der Waals surface area contributed by atoms with E-state index in [9.17, 15) is 4.79 Å². The van der Waals surface area contributed by atoms with Crippen LogP contribution < -0.4 is 15.1 Å². The smallest absolute Gasteiger partial charge is 0.329 e. The number of hydrogen-bond acceptors (Lipinski definition) is 6. The number of nitrogens with one attached hydrogen (secondary N) is 1. The summed E-state index contributed by atoms with van der Waals surface area (Å²) < 4.78 is 0. The fourth-order valence-corrected chi connectivity index (χ4v) is 3.89. The zero-order valence-corrected chi connectivity index (χ0v) is 15.5. The molecule has 1 fully saturated rings. The number of pyridine rings is 2. The number of fused-ring (bicyclic) bond motifs is 4. The van der Waals surface area contributed by atoms with E-state index in [0.717, 1.165) is 36.5 Å². The molecule has 2 aliphatic heterocycles. The van der Waals surface area contributed by atoms with Gasteiger partial charge in [0.05, 0.1) is 22.4 Å². The summed E-state index contributed by atoms with van der Waals surface area (Å²) in [6.07, 6.45) is 7.17. The first-order valence-electron chi connectivity index (χ1n) is 8.92. The second kappa shape index (κ2) is 6.72. The Kier molecular flexibility index (Phi) is 4.05. The van der Waals surface area contributed by atoms with Crippen LogP contribution in [0, 0.1) is 0 Å². The number of hydrogen-bond donors (Lipinski definition) is 1. The summed E-state index contributed by atoms with van der Waals surface area (Å²) in [6.45, 7) is 1.69. The van der Waals surface area contributed by atoms with Crippen LogP contribution in [0.25, 0.3) is 11.3 Å². The summed E-state index contributed by atoms with van der Waals surface area (Å²) in [7, 11) is 0. The van der Waals surface area contributed by atoms with Crippen LogP contribution in [0.5, 0.6) is 0 Å². The number of urea groups is 1. The number of amides is 2. The number of halogens is 1. The van der Waals surface area contributed by atoms with Crippen molar-refractivity contribution >= 4 is 35.0 Å². The van der Waals surface area contributed by atoms with Gasteiger partial charge in [-0.15, -0.1) is 0 Å². The number of aromatic nitrogens is 4. The van der Waals surface area contributed by atoms with Crippen molar-refractivity contribution in [1.82, 2.24) is 19.9 Å². The van der Waals surface area contributed by atoms with E-state index in [1.165, 1.54) is 6.33 Å². The largest absolute Gasteiger partial charge is 0.366 e. The van der Waals surface area contributed by atoms with E-state index in [1.54, 1.807) is 29.6 Å². The van der Waals surface area contributed by atoms with Crippen LogP contribution in [0.15, 0.2) is 49.2 Å². The van der Waals surface area contributed by atoms with Crippen molar-refractivity contribution in [3.8, 4) is 11.3 Å². The van der Waals surface area contributed by atoms with Gasteiger partial charge in [0.25, 0.3) is 0 Å². The summed E-state index contributed by atoms with van der Waals surface area (Å²) in [6, 6.07) is 7.23. The molecule has 0 saturated carbocycles. The van der Waals surface area contributed by atoms with Crippen LogP contribution in [0.1, 0.15) is 6.42 Å². The van der Waals surface area contributed by atoms with E-state index in [-0.39, 0.29) is 12.1 Å². The molecule has 8 nitrogen and oxygen atoms in total. The average Bonchev–Trinajstić information content (AvgIpc) is 3.13. The van der Waals surface area contributed by atoms with Crippen molar-refractivity contribution < 1.29 is 4.79 Å². The summed E-state index contributed by atoms with van der Waals surface area (Å²) in [5.74, 6) is 1.09. The maximum absolute atomic E-state index is 13.1. The number of carbonyl (C=O) groups is 1. The molecule has 1 saturated heterocycles. The maximum Gasteiger partial charge on any atom is 0.329 e. The van der Waals surface area contributed by atoms with Crippen LogP contribution >= 0.6 is 11.6 Å². The van der Waals surface area contributed by atoms with Gasteiger partial charge in [0.2, 0.25) is 0 Å². The highest BCUT2D eigenvalue weighted by Gasteiger charge is 2.40. The van der Waals surface area contributed by atoms with Crippen molar-refractivity contribution in [3.63, 3.8) is 0 Å². The second-order valence-electron chi connectivity index (χ2n) is 6.71. The molecule has 2 aliphatic rings. The van der Waals surface area contributed by atoms with Gasteiger partial charge in [-0.25, -0.2) is 19.7 Å². The Labute approximate surface area is 166 Å². The molecule has 0 aromatic carbocycles. The van der Waals surface area contributed by atoms with Gasteiger partial charge in [0.15, 0.2) is 5.82 Å². The number of carbonyl (C=O) groups excluding carboxylic acids is 1. The molecule has 3 aromatic heterocycles. The molecule has 0 radical (unpaired) electrons. The Balaban J connectivity index is 1.54. The molecular weight excluding hydrogens is 378 g/mol. The molecule has 5 heterocycles. The Bertz CT molecular complexity index is 1050. The number of nitrogens with zero attached hydrogens (tertiary/aromatic N) is 6. The fourth-order valence-electron chi connectivity index (χ4n) is 3.72. The van der Waals surface area contributed by atoms with Crippen LogP contribution in [-0.2, 0) is 0 Å². The van der Waals surface area contributed by atoms with Crippen molar-refractivity contribution in [2.75, 3.05) is 28.2 Å². The minimum Gasteiger partial charge on any atom is -0.366 e. The van der Waals surface area contributed by atoms with Crippen molar-refractivity contribution in [2.24, 2.45) is 0 Å². The lowest BCUT2D eigenvalue weighted by molar-refractivity contribution is 0.254. The normalized spacial score (nSPS) is 17.4. The van der Waals surface area contributed by atoms with Crippen molar-refractivity contribution in [1.29, 1.82) is 0 Å². The monoisotopic (exact) mass is 393 g/mol. The molecule has 2 bridgehead atoms. The van der Waals surface area contributed by atoms with E-state index in [4.69, 9.17) is 16.6 Å². The lowest BCUT2D eigenvalue weighted by Crippen LogP contribution is -2.48. The SMILES string of the molecule is O=C(Nc1ccncn1)N1c2nc(-c3cncc(Cl)c3)ccc2N2CC[C@H]1C2. The topological polar surface area (TPSA) is 87.1 Å². The van der Waals surface area contributed by atoms with Gasteiger partial charge in [-0.3, -0.25) is 15.2 Å². The van der Waals surface area contributed by atoms with Crippen LogP contribution in [0.4, 0.5) is 22.1 Å². The van der Waals surface area contributed by atoms with Crippen molar-refractivity contribution in [3.05, 3.63) is 54.2 Å². The van der Waals surface area contributed by atoms with Gasteiger partial charge in [0, 0.05) is 37.2 Å². The average molecular weight is 394 g/mol. The first kappa shape index (κ1) is 16.9. The molecule has 5 rings (SSSR count). The lowest BCUT2D eigenvalue weighted by atomic mass is 10.1. The van der Waals surface area contributed by atoms with Gasteiger partial charge in [-0.1, -0.05) is 11.6 Å². The fraction of sp³-hybridized carbons (Fsp3) is 0.211. The molecule has 1 N–H and O–H groups in total. The molecular formula is C19H16ClN7O. The summed E-state index contributed by atoms with van der Waals surface area (Å²) in [5, 5.41) is 3.39. The van der Waals surface area contributed by atoms with Crippen LogP contribution in [-0.4, -0.2) is 45.1 Å². The lowest BCUT2D eigenvalue weighted by Gasteiger charge is -2.35. The standard InChI is InChI=1S/C19H16ClN7O/c20-13-7-12(8-22-9-13)15-1-2-16-18(24-15)27(14-4-6-26(16)10-14)19(28)25-17-3-5-21-11-23-17/h1-3,5,7-9,11,14H,4,6,10H2,(H,21,23,25,28)/t14-/m0/s1. The second-order valence-corrected chi connectivity index (χ2v) is 7.15. The summed E-state index contributed by atoms with van der Waals surface area (Å²) >= 11 is 6.08. The van der Waals surface area contributed by atoms with Crippen molar-refractivity contribution in [2.45, 2.75) is 12.5 Å². The summed E-state index contributed by atoms with van der Waals surface area (Å²) in [4.78, 5) is 34.0. The van der Waals surface area contributed by atoms with Gasteiger partial charge >= 0.3 is 6.03 Å². The van der Waals surface area contributed by atoms with Crippen LogP contribution in [0.3, 0.4) is 0 Å². The summed E-state index contributed by atoms with van der Waals surface area (Å²) in [5.41, 5.74) is 2.47. The quantitative estimate of drug-likeness (QED) is 0.719. The predicted molar refractivity (Wildman–Crippen MR) is 107 cm³/mol. The molecule has 28 heavy (non-hydrogen) atoms. The zero-order valence-electron chi connectivity index (χ0n) is 14.8. The molecule has 0 spiro atoms. The minimum atomic E-state index is -0.250. The number of rotatable bonds is 2. The van der Waals surface area contributed by atoms with E-state index >= 15 is 0 Å². The predicted octanol–water partition coefficient (Wildman–Crippen LogP) is 3.22. The zero-order chi connectivity index (χ0) is 19.1. The molecule has 140 valence electrons. The molecule has 1 atom stereocenters. The number of anilines is 3. The maximum atomic E-state index is 13.1. The van der Waals surface area contributed by atoms with E-state index < -0.39 is 0 Å². The molecule has 3 aromatic rings. The Morgan fingerprint density at radius 1 is 1.21 bits per heavy atom. The van der Waals surface area contributed by atoms with Gasteiger partial charge in [0.1, 0.15) is 12.1 Å². The third-order valence-corrected chi connectivity index (χ3v) is 5.20. The Morgan fingerprint density at radius 2 is 2.14 bits per heavy atom. The van der Waals surface area contributed by atoms with Gasteiger partial charge in [-0.05, 0) is 30.7 Å². The highest BCUT2D eigenvalue weighted by Crippen LogP contribution is 2.40. The highest BCUT2D eigenvalue weighted by atomic mass is 35.5. The van der Waals surface area contributed by atoms with E-state index in [0.29, 0.717) is 16.7 Å². The molecule has 9 heteroatoms. The van der Waals surface area contributed by atoms with E-state index in [2.05, 4.69) is 25.2 Å². The Morgan fingerprint density at radius 3 is 2.96 bits per heavy atom. The molecule has 2 amide bonds. The first-order valence-corrected chi connectivity index (χ1v) is 9.30. The first-order chi connectivity index (χ1) is 13.7. The van der Waals surface area contributed by atoms with Crippen LogP contribution in [0.2, 0.25) is 5.02 Å². The molecule has 0 unspecified atom stereocenters. The third-order valence-electron chi connectivity index (χ3n) is 4.99. The highest BCUT2D eigenvalue weighted by molar-refractivity contribution is 6.30. The van der Waals surface area contributed by atoms with E-state index in [1.807, 2.05) is 18.2 Å². The third kappa shape index (κ3) is 2.91. The molecule has 0 aliphatic carbocycles. The van der Waals surface area contributed by atoms with Gasteiger partial charge < -0.3 is 4.90 Å². The minimum absolute atomic E-state index is 0.0644.